The van der Waals surface area contributed by atoms with Crippen molar-refractivity contribution in [2.24, 2.45) is 11.3 Å². The first-order chi connectivity index (χ1) is 11.7. The van der Waals surface area contributed by atoms with Gasteiger partial charge in [-0.2, -0.15) is 5.26 Å². The Bertz CT molecular complexity index is 690. The van der Waals surface area contributed by atoms with E-state index in [0.29, 0.717) is 12.0 Å². The Labute approximate surface area is 145 Å². The van der Waals surface area contributed by atoms with Crippen molar-refractivity contribution in [2.45, 2.75) is 51.1 Å². The summed E-state index contributed by atoms with van der Waals surface area (Å²) in [5.41, 5.74) is 2.22. The molecule has 0 amide bonds. The number of nitrogens with zero attached hydrogens (tertiary/aromatic N) is 2. The zero-order valence-electron chi connectivity index (χ0n) is 14.5. The van der Waals surface area contributed by atoms with Gasteiger partial charge in [0.1, 0.15) is 0 Å². The van der Waals surface area contributed by atoms with Crippen LogP contribution in [-0.2, 0) is 0 Å². The molecule has 3 aliphatic rings. The van der Waals surface area contributed by atoms with Crippen LogP contribution in [0.5, 0.6) is 0 Å². The van der Waals surface area contributed by atoms with Crippen molar-refractivity contribution in [2.75, 3.05) is 6.54 Å². The van der Waals surface area contributed by atoms with E-state index in [1.165, 1.54) is 43.4 Å². The number of allylic oxidation sites excluding steroid dienone is 4. The third kappa shape index (κ3) is 2.62. The number of benzene rings is 1. The molecule has 1 aliphatic heterocycles. The van der Waals surface area contributed by atoms with Gasteiger partial charge in [0.15, 0.2) is 0 Å². The number of hydrogen-bond acceptors (Lipinski definition) is 2. The van der Waals surface area contributed by atoms with Crippen molar-refractivity contribution >= 4 is 5.57 Å². The first kappa shape index (κ1) is 15.7. The van der Waals surface area contributed by atoms with Crippen LogP contribution >= 0.6 is 0 Å². The van der Waals surface area contributed by atoms with E-state index in [4.69, 9.17) is 0 Å². The summed E-state index contributed by atoms with van der Waals surface area (Å²) in [4.78, 5) is 2.68. The molecule has 124 valence electrons. The average Bonchev–Trinajstić information content (AvgIpc) is 3.01. The van der Waals surface area contributed by atoms with Crippen molar-refractivity contribution < 1.29 is 0 Å². The van der Waals surface area contributed by atoms with Crippen molar-refractivity contribution in [3.05, 3.63) is 54.1 Å². The van der Waals surface area contributed by atoms with Crippen LogP contribution in [-0.4, -0.2) is 23.5 Å². The van der Waals surface area contributed by atoms with Gasteiger partial charge in [-0.3, -0.25) is 4.90 Å². The van der Waals surface area contributed by atoms with E-state index in [1.54, 1.807) is 0 Å². The Morgan fingerprint density at radius 3 is 2.58 bits per heavy atom. The molecule has 0 N–H and O–H groups in total. The molecular weight excluding hydrogens is 292 g/mol. The average molecular weight is 318 g/mol. The second-order valence-corrected chi connectivity index (χ2v) is 7.77. The first-order valence-electron chi connectivity index (χ1n) is 9.34. The standard InChI is InChI=1S/C22H26N2/c1-17-6-5-13-24(17)21-14-20(15-21)22(16-23)11-9-19(10-12-22)18-7-3-2-4-8-18/h2-4,7-11,17,20-21H,5-6,12-15H2,1H3/t17-,20-,21+,22?/m1/s1. The summed E-state index contributed by atoms with van der Waals surface area (Å²) in [5, 5.41) is 9.89. The third-order valence-corrected chi connectivity index (χ3v) is 6.45. The lowest BCUT2D eigenvalue weighted by atomic mass is 9.60. The minimum absolute atomic E-state index is 0.280. The van der Waals surface area contributed by atoms with Gasteiger partial charge in [0, 0.05) is 12.1 Å². The predicted molar refractivity (Wildman–Crippen MR) is 98.1 cm³/mol. The summed E-state index contributed by atoms with van der Waals surface area (Å²) in [7, 11) is 0. The van der Waals surface area contributed by atoms with Gasteiger partial charge < -0.3 is 0 Å². The third-order valence-electron chi connectivity index (χ3n) is 6.45. The zero-order valence-corrected chi connectivity index (χ0v) is 14.5. The normalized spacial score (nSPS) is 36.0. The molecule has 2 aliphatic carbocycles. The van der Waals surface area contributed by atoms with Gasteiger partial charge in [-0.05, 0) is 62.6 Å². The summed E-state index contributed by atoms with van der Waals surface area (Å²) >= 11 is 0. The lowest BCUT2D eigenvalue weighted by Crippen LogP contribution is -2.50. The quantitative estimate of drug-likeness (QED) is 0.800. The number of likely N-dealkylation sites (tertiary alicyclic amines) is 1. The Kier molecular flexibility index (Phi) is 4.06. The predicted octanol–water partition coefficient (Wildman–Crippen LogP) is 4.80. The molecule has 0 spiro atoms. The maximum Gasteiger partial charge on any atom is 0.0820 e. The van der Waals surface area contributed by atoms with E-state index in [0.717, 1.165) is 12.5 Å². The highest BCUT2D eigenvalue weighted by Gasteiger charge is 2.47. The molecule has 24 heavy (non-hydrogen) atoms. The fourth-order valence-corrected chi connectivity index (χ4v) is 4.75. The summed E-state index contributed by atoms with van der Waals surface area (Å²) in [6, 6.07) is 14.6. The summed E-state index contributed by atoms with van der Waals surface area (Å²) in [6.07, 6.45) is 12.6. The molecule has 0 aromatic heterocycles. The SMILES string of the molecule is C[C@@H]1CCCN1[C@H]1C[C@@H](C2(C#N)C=CC(c3ccccc3)=CC2)C1. The van der Waals surface area contributed by atoms with E-state index in [1.807, 2.05) is 6.07 Å². The van der Waals surface area contributed by atoms with Crippen LogP contribution in [0.4, 0.5) is 0 Å². The molecule has 2 nitrogen and oxygen atoms in total. The Balaban J connectivity index is 1.43. The molecule has 1 saturated carbocycles. The molecule has 1 aromatic rings. The number of hydrogen-bond donors (Lipinski definition) is 0. The highest BCUT2D eigenvalue weighted by atomic mass is 15.2. The molecule has 2 heteroatoms. The van der Waals surface area contributed by atoms with Crippen LogP contribution in [0.25, 0.3) is 5.57 Å². The Morgan fingerprint density at radius 1 is 1.21 bits per heavy atom. The minimum atomic E-state index is -0.280. The van der Waals surface area contributed by atoms with E-state index >= 15 is 0 Å². The van der Waals surface area contributed by atoms with Crippen molar-refractivity contribution in [3.8, 4) is 6.07 Å². The van der Waals surface area contributed by atoms with E-state index in [9.17, 15) is 5.26 Å². The second kappa shape index (κ2) is 6.22. The highest BCUT2D eigenvalue weighted by Crippen LogP contribution is 2.50. The van der Waals surface area contributed by atoms with Crippen LogP contribution in [0.1, 0.15) is 44.6 Å². The van der Waals surface area contributed by atoms with Gasteiger partial charge in [0.25, 0.3) is 0 Å². The molecule has 1 aromatic carbocycles. The minimum Gasteiger partial charge on any atom is -0.298 e. The highest BCUT2D eigenvalue weighted by molar-refractivity contribution is 5.75. The molecule has 1 unspecified atom stereocenters. The maximum atomic E-state index is 9.89. The van der Waals surface area contributed by atoms with Crippen LogP contribution in [0.2, 0.25) is 0 Å². The van der Waals surface area contributed by atoms with Crippen LogP contribution in [0, 0.1) is 22.7 Å². The van der Waals surface area contributed by atoms with Crippen molar-refractivity contribution in [1.82, 2.24) is 4.90 Å². The van der Waals surface area contributed by atoms with E-state index < -0.39 is 0 Å². The van der Waals surface area contributed by atoms with Crippen molar-refractivity contribution in [3.63, 3.8) is 0 Å². The number of rotatable bonds is 3. The molecule has 1 heterocycles. The van der Waals surface area contributed by atoms with Gasteiger partial charge >= 0.3 is 0 Å². The van der Waals surface area contributed by atoms with Gasteiger partial charge in [0.05, 0.1) is 11.5 Å². The Morgan fingerprint density at radius 2 is 2.00 bits per heavy atom. The Hall–Kier alpha value is -1.85. The van der Waals surface area contributed by atoms with Crippen LogP contribution < -0.4 is 0 Å². The molecule has 0 radical (unpaired) electrons. The van der Waals surface area contributed by atoms with Crippen LogP contribution in [0.3, 0.4) is 0 Å². The van der Waals surface area contributed by atoms with Crippen molar-refractivity contribution in [1.29, 1.82) is 5.26 Å². The molecular formula is C22H26N2. The number of nitriles is 1. The monoisotopic (exact) mass is 318 g/mol. The van der Waals surface area contributed by atoms with Crippen LogP contribution in [0.15, 0.2) is 48.6 Å². The molecule has 1 saturated heterocycles. The van der Waals surface area contributed by atoms with Gasteiger partial charge in [-0.1, -0.05) is 48.6 Å². The van der Waals surface area contributed by atoms with E-state index in [-0.39, 0.29) is 5.41 Å². The fourth-order valence-electron chi connectivity index (χ4n) is 4.75. The van der Waals surface area contributed by atoms with Gasteiger partial charge in [-0.25, -0.2) is 0 Å². The summed E-state index contributed by atoms with van der Waals surface area (Å²) < 4.78 is 0. The molecule has 0 bridgehead atoms. The molecule has 2 fully saturated rings. The smallest absolute Gasteiger partial charge is 0.0820 e. The second-order valence-electron chi connectivity index (χ2n) is 7.77. The fraction of sp³-hybridized carbons (Fsp3) is 0.500. The van der Waals surface area contributed by atoms with Gasteiger partial charge in [0.2, 0.25) is 0 Å². The van der Waals surface area contributed by atoms with E-state index in [2.05, 4.69) is 60.4 Å². The first-order valence-corrected chi connectivity index (χ1v) is 9.34. The lowest BCUT2D eigenvalue weighted by molar-refractivity contribution is 0.0351. The molecule has 2 atom stereocenters. The summed E-state index contributed by atoms with van der Waals surface area (Å²) in [6.45, 7) is 3.61. The zero-order chi connectivity index (χ0) is 16.6. The lowest BCUT2D eigenvalue weighted by Gasteiger charge is -2.49. The summed E-state index contributed by atoms with van der Waals surface area (Å²) in [5.74, 6) is 0.519. The topological polar surface area (TPSA) is 27.0 Å². The molecule has 4 rings (SSSR count). The van der Waals surface area contributed by atoms with Gasteiger partial charge in [-0.15, -0.1) is 0 Å². The largest absolute Gasteiger partial charge is 0.298 e. The maximum absolute atomic E-state index is 9.89.